The maximum Gasteiger partial charge on any atom is 0.303 e. The van der Waals surface area contributed by atoms with Crippen LogP contribution in [0, 0.1) is 0 Å². The molecule has 1 amide bonds. The van der Waals surface area contributed by atoms with Gasteiger partial charge in [0, 0.05) is 40.1 Å². The highest BCUT2D eigenvalue weighted by atomic mass is 16.7. The molecular weight excluding hydrogens is 506 g/mol. The second-order valence-corrected chi connectivity index (χ2v) is 8.20. The number of carbonyl (C=O) groups is 5. The Bertz CT molecular complexity index is 1170. The number of nitrogens with one attached hydrogen (secondary N) is 1. The number of hydrogen-bond acceptors (Lipinski definition) is 13. The zero-order valence-electron chi connectivity index (χ0n) is 21.1. The van der Waals surface area contributed by atoms with Crippen LogP contribution in [0.4, 0.5) is 0 Å². The fourth-order valence-electron chi connectivity index (χ4n) is 3.71. The Hall–Kier alpha value is -4.40. The van der Waals surface area contributed by atoms with Crippen LogP contribution in [-0.2, 0) is 49.4 Å². The summed E-state index contributed by atoms with van der Waals surface area (Å²) in [6.07, 6.45) is -2.00. The molecule has 15 nitrogen and oxygen atoms in total. The average Bonchev–Trinajstić information content (AvgIpc) is 3.32. The summed E-state index contributed by atoms with van der Waals surface area (Å²) >= 11 is 0. The number of esters is 4. The van der Waals surface area contributed by atoms with Crippen LogP contribution in [0.25, 0.3) is 0 Å². The number of hydrogen-bond donors (Lipinski definition) is 1. The molecule has 0 aromatic carbocycles. The van der Waals surface area contributed by atoms with Gasteiger partial charge in [-0.05, 0) is 12.1 Å². The first-order valence-electron chi connectivity index (χ1n) is 11.4. The van der Waals surface area contributed by atoms with Crippen molar-refractivity contribution in [2.24, 2.45) is 0 Å². The molecule has 5 atom stereocenters. The summed E-state index contributed by atoms with van der Waals surface area (Å²) < 4.78 is 28.4. The third-order valence-corrected chi connectivity index (χ3v) is 5.14. The molecule has 3 heterocycles. The van der Waals surface area contributed by atoms with Gasteiger partial charge in [0.25, 0.3) is 5.91 Å². The normalized spacial score (nSPS) is 22.6. The van der Waals surface area contributed by atoms with Crippen LogP contribution in [0.1, 0.15) is 50.0 Å². The van der Waals surface area contributed by atoms with Gasteiger partial charge >= 0.3 is 23.9 Å². The van der Waals surface area contributed by atoms with Gasteiger partial charge in [0.2, 0.25) is 0 Å². The summed E-state index contributed by atoms with van der Waals surface area (Å²) in [5.41, 5.74) is 0.662. The first kappa shape index (κ1) is 28.2. The number of pyridine rings is 1. The first-order valence-corrected chi connectivity index (χ1v) is 11.4. The Morgan fingerprint density at radius 3 is 2.21 bits per heavy atom. The lowest BCUT2D eigenvalue weighted by Crippen LogP contribution is -2.60. The molecule has 204 valence electrons. The monoisotopic (exact) mass is 533 g/mol. The number of nitrogens with zero attached hydrogens (tertiary/aromatic N) is 4. The number of carbonyl (C=O) groups excluding carboxylic acids is 5. The van der Waals surface area contributed by atoms with Gasteiger partial charge in [-0.3, -0.25) is 29.0 Å². The van der Waals surface area contributed by atoms with E-state index in [2.05, 4.69) is 20.6 Å². The smallest absolute Gasteiger partial charge is 0.303 e. The topological polar surface area (TPSA) is 187 Å². The highest BCUT2D eigenvalue weighted by Gasteiger charge is 2.53. The van der Waals surface area contributed by atoms with Crippen LogP contribution in [0.2, 0.25) is 0 Å². The van der Waals surface area contributed by atoms with E-state index in [0.29, 0.717) is 11.3 Å². The molecule has 0 saturated carbocycles. The SMILES string of the molecule is CC(=O)OC[C@H]1O[C@@H](n2cc(CNC(=O)c3cccnc3)nn2)[C@H](OC(C)=O)[C@@H](OC(C)=O)[C@@H]1OC(C)=O. The molecule has 1 fully saturated rings. The zero-order valence-corrected chi connectivity index (χ0v) is 21.1. The molecule has 1 saturated heterocycles. The molecule has 38 heavy (non-hydrogen) atoms. The van der Waals surface area contributed by atoms with Gasteiger partial charge in [-0.25, -0.2) is 4.68 Å². The van der Waals surface area contributed by atoms with Crippen molar-refractivity contribution in [3.8, 4) is 0 Å². The van der Waals surface area contributed by atoms with Crippen molar-refractivity contribution >= 4 is 29.8 Å². The van der Waals surface area contributed by atoms with Gasteiger partial charge in [0.15, 0.2) is 24.5 Å². The summed E-state index contributed by atoms with van der Waals surface area (Å²) in [6.45, 7) is 4.17. The minimum absolute atomic E-state index is 0.0149. The second kappa shape index (κ2) is 12.7. The average molecular weight is 533 g/mol. The van der Waals surface area contributed by atoms with Crippen molar-refractivity contribution in [1.82, 2.24) is 25.3 Å². The van der Waals surface area contributed by atoms with E-state index in [-0.39, 0.29) is 19.1 Å². The van der Waals surface area contributed by atoms with E-state index in [1.807, 2.05) is 0 Å². The molecule has 0 radical (unpaired) electrons. The van der Waals surface area contributed by atoms with E-state index in [1.165, 1.54) is 30.2 Å². The third-order valence-electron chi connectivity index (χ3n) is 5.14. The number of amides is 1. The molecule has 0 aliphatic carbocycles. The summed E-state index contributed by atoms with van der Waals surface area (Å²) in [5.74, 6) is -3.26. The lowest BCUT2D eigenvalue weighted by molar-refractivity contribution is -0.270. The molecule has 0 spiro atoms. The van der Waals surface area contributed by atoms with Gasteiger partial charge < -0.3 is 29.0 Å². The molecule has 1 aliphatic rings. The van der Waals surface area contributed by atoms with Crippen LogP contribution < -0.4 is 5.32 Å². The lowest BCUT2D eigenvalue weighted by atomic mass is 9.97. The summed E-state index contributed by atoms with van der Waals surface area (Å²) in [4.78, 5) is 63.4. The van der Waals surface area contributed by atoms with Crippen LogP contribution in [-0.4, -0.2) is 80.8 Å². The second-order valence-electron chi connectivity index (χ2n) is 8.20. The van der Waals surface area contributed by atoms with Gasteiger partial charge in [-0.2, -0.15) is 0 Å². The first-order chi connectivity index (χ1) is 18.0. The van der Waals surface area contributed by atoms with E-state index in [9.17, 15) is 24.0 Å². The Balaban J connectivity index is 1.89. The van der Waals surface area contributed by atoms with E-state index in [1.54, 1.807) is 12.1 Å². The molecule has 15 heteroatoms. The lowest BCUT2D eigenvalue weighted by Gasteiger charge is -2.44. The van der Waals surface area contributed by atoms with E-state index in [0.717, 1.165) is 20.8 Å². The van der Waals surface area contributed by atoms with Crippen molar-refractivity contribution in [2.75, 3.05) is 6.61 Å². The van der Waals surface area contributed by atoms with Crippen molar-refractivity contribution in [3.63, 3.8) is 0 Å². The minimum atomic E-state index is -1.35. The quantitative estimate of drug-likeness (QED) is 0.332. The number of rotatable bonds is 9. The van der Waals surface area contributed by atoms with Crippen LogP contribution in [0.5, 0.6) is 0 Å². The minimum Gasteiger partial charge on any atom is -0.463 e. The van der Waals surface area contributed by atoms with E-state index >= 15 is 0 Å². The van der Waals surface area contributed by atoms with Crippen molar-refractivity contribution < 1.29 is 47.7 Å². The Kier molecular flexibility index (Phi) is 9.43. The van der Waals surface area contributed by atoms with Gasteiger partial charge in [0.1, 0.15) is 18.4 Å². The standard InChI is InChI=1S/C23H27N5O10/c1-12(29)34-11-18-19(35-13(2)30)20(36-14(3)31)21(37-15(4)32)23(38-18)28-10-17(26-27-28)9-25-22(33)16-6-5-7-24-8-16/h5-8,10,18-21,23H,9,11H2,1-4H3,(H,25,33)/t18-,19-,20+,21-,23-/m1/s1. The van der Waals surface area contributed by atoms with Crippen LogP contribution >= 0.6 is 0 Å². The molecule has 2 aromatic heterocycles. The Morgan fingerprint density at radius 2 is 1.61 bits per heavy atom. The van der Waals surface area contributed by atoms with Crippen molar-refractivity contribution in [2.45, 2.75) is 64.9 Å². The number of aromatic nitrogens is 4. The molecule has 0 bridgehead atoms. The van der Waals surface area contributed by atoms with Gasteiger partial charge in [-0.1, -0.05) is 5.21 Å². The molecule has 2 aromatic rings. The van der Waals surface area contributed by atoms with Gasteiger partial charge in [-0.15, -0.1) is 5.10 Å². The zero-order chi connectivity index (χ0) is 27.8. The predicted octanol–water partition coefficient (Wildman–Crippen LogP) is -0.141. The highest BCUT2D eigenvalue weighted by molar-refractivity contribution is 5.93. The molecule has 3 rings (SSSR count). The van der Waals surface area contributed by atoms with Crippen molar-refractivity contribution in [1.29, 1.82) is 0 Å². The highest BCUT2D eigenvalue weighted by Crippen LogP contribution is 2.34. The fraction of sp³-hybridized carbons (Fsp3) is 0.478. The summed E-state index contributed by atoms with van der Waals surface area (Å²) in [5, 5.41) is 10.7. The fourth-order valence-corrected chi connectivity index (χ4v) is 3.71. The molecule has 0 unspecified atom stereocenters. The summed E-state index contributed by atoms with van der Waals surface area (Å²) in [6, 6.07) is 3.21. The van der Waals surface area contributed by atoms with E-state index < -0.39 is 54.5 Å². The molecule has 1 aliphatic heterocycles. The third kappa shape index (κ3) is 7.55. The molecular formula is C23H27N5O10. The Morgan fingerprint density at radius 1 is 0.947 bits per heavy atom. The van der Waals surface area contributed by atoms with Gasteiger partial charge in [0.05, 0.1) is 18.3 Å². The largest absolute Gasteiger partial charge is 0.463 e. The number of ether oxygens (including phenoxy) is 5. The van der Waals surface area contributed by atoms with Crippen molar-refractivity contribution in [3.05, 3.63) is 42.0 Å². The Labute approximate surface area is 216 Å². The van der Waals surface area contributed by atoms with Crippen LogP contribution in [0.3, 0.4) is 0 Å². The maximum atomic E-state index is 12.3. The predicted molar refractivity (Wildman–Crippen MR) is 123 cm³/mol. The van der Waals surface area contributed by atoms with E-state index in [4.69, 9.17) is 23.7 Å². The molecule has 1 N–H and O–H groups in total. The summed E-state index contributed by atoms with van der Waals surface area (Å²) in [7, 11) is 0. The maximum absolute atomic E-state index is 12.3. The van der Waals surface area contributed by atoms with Crippen LogP contribution in [0.15, 0.2) is 30.7 Å².